The van der Waals surface area contributed by atoms with Crippen LogP contribution in [0.2, 0.25) is 5.02 Å². The molecule has 0 aliphatic carbocycles. The summed E-state index contributed by atoms with van der Waals surface area (Å²) >= 11 is 5.70. The molecule has 0 heterocycles. The number of halogens is 1. The van der Waals surface area contributed by atoms with Crippen molar-refractivity contribution in [2.45, 2.75) is 24.8 Å². The van der Waals surface area contributed by atoms with Crippen molar-refractivity contribution in [1.29, 1.82) is 0 Å². The second kappa shape index (κ2) is 7.60. The molecular weight excluding hydrogens is 328 g/mol. The van der Waals surface area contributed by atoms with Gasteiger partial charge >= 0.3 is 0 Å². The summed E-state index contributed by atoms with van der Waals surface area (Å²) in [7, 11) is -2.37. The highest BCUT2D eigenvalue weighted by molar-refractivity contribution is 7.92. The lowest BCUT2D eigenvalue weighted by atomic mass is 10.4. The molecule has 0 aliphatic rings. The summed E-state index contributed by atoms with van der Waals surface area (Å²) in [5.74, 6) is -1.68. The lowest BCUT2D eigenvalue weighted by Gasteiger charge is -2.18. The van der Waals surface area contributed by atoms with Crippen LogP contribution in [0.25, 0.3) is 0 Å². The first-order valence-corrected chi connectivity index (χ1v) is 8.66. The Morgan fingerprint density at radius 2 is 1.77 bits per heavy atom. The van der Waals surface area contributed by atoms with E-state index in [1.54, 1.807) is 13.8 Å². The fourth-order valence-corrected chi connectivity index (χ4v) is 3.06. The fraction of sp³-hybridized carbons (Fsp3) is 0.429. The summed E-state index contributed by atoms with van der Waals surface area (Å²) in [5.41, 5.74) is 0. The smallest absolute Gasteiger partial charge is 0.239 e. The fourth-order valence-electron chi connectivity index (χ4n) is 1.67. The lowest BCUT2D eigenvalue weighted by Crippen LogP contribution is -2.42. The molecule has 1 rings (SSSR count). The van der Waals surface area contributed by atoms with Crippen LogP contribution in [-0.2, 0) is 19.4 Å². The number of sulfone groups is 1. The van der Waals surface area contributed by atoms with Crippen molar-refractivity contribution < 1.29 is 18.0 Å². The molecule has 122 valence electrons. The minimum atomic E-state index is -3.76. The predicted octanol–water partition coefficient (Wildman–Crippen LogP) is 1.10. The number of hydrogen-bond donors (Lipinski definition) is 1. The van der Waals surface area contributed by atoms with Crippen LogP contribution in [0.1, 0.15) is 13.8 Å². The van der Waals surface area contributed by atoms with E-state index in [4.69, 9.17) is 11.6 Å². The standard InChI is InChI=1S/C14H19ClN2O4S/c1-10(2)16-13(18)8-17(3)14(19)9-22(20,21)12-6-4-11(15)5-7-12/h4-7,10H,8-9H2,1-3H3,(H,16,18). The molecule has 0 unspecified atom stereocenters. The third-order valence-corrected chi connectivity index (χ3v) is 4.61. The molecular formula is C14H19ClN2O4S. The van der Waals surface area contributed by atoms with Crippen LogP contribution in [0.4, 0.5) is 0 Å². The Labute approximate surface area is 135 Å². The number of nitrogens with zero attached hydrogens (tertiary/aromatic N) is 1. The van der Waals surface area contributed by atoms with Crippen LogP contribution in [0.15, 0.2) is 29.2 Å². The van der Waals surface area contributed by atoms with Crippen molar-refractivity contribution in [3.8, 4) is 0 Å². The van der Waals surface area contributed by atoms with Crippen molar-refractivity contribution in [2.75, 3.05) is 19.3 Å². The van der Waals surface area contributed by atoms with Gasteiger partial charge in [-0.05, 0) is 38.1 Å². The van der Waals surface area contributed by atoms with Gasteiger partial charge in [-0.2, -0.15) is 0 Å². The molecule has 0 atom stereocenters. The van der Waals surface area contributed by atoms with Crippen molar-refractivity contribution in [2.24, 2.45) is 0 Å². The van der Waals surface area contributed by atoms with Gasteiger partial charge in [-0.25, -0.2) is 8.42 Å². The highest BCUT2D eigenvalue weighted by Crippen LogP contribution is 2.15. The van der Waals surface area contributed by atoms with E-state index in [0.29, 0.717) is 5.02 Å². The molecule has 0 bridgehead atoms. The van der Waals surface area contributed by atoms with E-state index in [1.165, 1.54) is 31.3 Å². The number of carbonyl (C=O) groups is 2. The maximum atomic E-state index is 12.1. The molecule has 0 aromatic heterocycles. The molecule has 0 fully saturated rings. The molecule has 1 aromatic carbocycles. The van der Waals surface area contributed by atoms with E-state index in [-0.39, 0.29) is 23.4 Å². The van der Waals surface area contributed by atoms with E-state index in [2.05, 4.69) is 5.32 Å². The second-order valence-corrected chi connectivity index (χ2v) is 7.61. The van der Waals surface area contributed by atoms with Gasteiger partial charge in [-0.15, -0.1) is 0 Å². The van der Waals surface area contributed by atoms with E-state index in [9.17, 15) is 18.0 Å². The van der Waals surface area contributed by atoms with Gasteiger partial charge in [0.2, 0.25) is 11.8 Å². The van der Waals surface area contributed by atoms with Gasteiger partial charge in [-0.1, -0.05) is 11.6 Å². The van der Waals surface area contributed by atoms with Crippen LogP contribution in [-0.4, -0.2) is 50.5 Å². The zero-order chi connectivity index (χ0) is 16.9. The summed E-state index contributed by atoms with van der Waals surface area (Å²) in [6, 6.07) is 5.53. The van der Waals surface area contributed by atoms with Crippen molar-refractivity contribution in [3.63, 3.8) is 0 Å². The average Bonchev–Trinajstić information content (AvgIpc) is 2.37. The third-order valence-electron chi connectivity index (χ3n) is 2.74. The zero-order valence-corrected chi connectivity index (χ0v) is 14.2. The topological polar surface area (TPSA) is 83.6 Å². The summed E-state index contributed by atoms with van der Waals surface area (Å²) in [6.45, 7) is 3.41. The Kier molecular flexibility index (Phi) is 6.37. The minimum Gasteiger partial charge on any atom is -0.352 e. The molecule has 2 amide bonds. The number of nitrogens with one attached hydrogen (secondary N) is 1. The van der Waals surface area contributed by atoms with Gasteiger partial charge in [0.1, 0.15) is 5.75 Å². The predicted molar refractivity (Wildman–Crippen MR) is 84.4 cm³/mol. The van der Waals surface area contributed by atoms with Crippen molar-refractivity contribution in [1.82, 2.24) is 10.2 Å². The summed E-state index contributed by atoms with van der Waals surface area (Å²) in [6.07, 6.45) is 0. The highest BCUT2D eigenvalue weighted by atomic mass is 35.5. The second-order valence-electron chi connectivity index (χ2n) is 5.19. The van der Waals surface area contributed by atoms with E-state index < -0.39 is 21.5 Å². The molecule has 8 heteroatoms. The highest BCUT2D eigenvalue weighted by Gasteiger charge is 2.23. The monoisotopic (exact) mass is 346 g/mol. The number of rotatable bonds is 6. The molecule has 0 aliphatic heterocycles. The van der Waals surface area contributed by atoms with E-state index in [0.717, 1.165) is 4.90 Å². The van der Waals surface area contributed by atoms with Gasteiger partial charge in [0.15, 0.2) is 9.84 Å². The van der Waals surface area contributed by atoms with Crippen LogP contribution in [0.5, 0.6) is 0 Å². The maximum Gasteiger partial charge on any atom is 0.239 e. The van der Waals surface area contributed by atoms with Crippen molar-refractivity contribution in [3.05, 3.63) is 29.3 Å². The number of benzene rings is 1. The zero-order valence-electron chi connectivity index (χ0n) is 12.7. The van der Waals surface area contributed by atoms with Crippen LogP contribution < -0.4 is 5.32 Å². The maximum absolute atomic E-state index is 12.1. The first kappa shape index (κ1) is 18.4. The van der Waals surface area contributed by atoms with E-state index in [1.807, 2.05) is 0 Å². The number of hydrogen-bond acceptors (Lipinski definition) is 4. The molecule has 0 radical (unpaired) electrons. The number of likely N-dealkylation sites (N-methyl/N-ethyl adjacent to an activating group) is 1. The Balaban J connectivity index is 2.70. The van der Waals surface area contributed by atoms with Gasteiger partial charge in [0, 0.05) is 18.1 Å². The molecule has 0 saturated carbocycles. The average molecular weight is 347 g/mol. The number of amides is 2. The largest absolute Gasteiger partial charge is 0.352 e. The number of carbonyl (C=O) groups excluding carboxylic acids is 2. The summed E-state index contributed by atoms with van der Waals surface area (Å²) in [5, 5.41) is 3.04. The molecule has 6 nitrogen and oxygen atoms in total. The van der Waals surface area contributed by atoms with Gasteiger partial charge in [0.25, 0.3) is 0 Å². The van der Waals surface area contributed by atoms with Gasteiger partial charge < -0.3 is 10.2 Å². The van der Waals surface area contributed by atoms with Crippen LogP contribution in [0, 0.1) is 0 Å². The molecule has 0 saturated heterocycles. The summed E-state index contributed by atoms with van der Waals surface area (Å²) < 4.78 is 24.3. The normalized spacial score (nSPS) is 11.3. The first-order valence-electron chi connectivity index (χ1n) is 6.63. The molecule has 22 heavy (non-hydrogen) atoms. The van der Waals surface area contributed by atoms with Gasteiger partial charge in [0.05, 0.1) is 11.4 Å². The Hall–Kier alpha value is -1.60. The molecule has 0 spiro atoms. The minimum absolute atomic E-state index is 0.0188. The summed E-state index contributed by atoms with van der Waals surface area (Å²) in [4.78, 5) is 24.6. The lowest BCUT2D eigenvalue weighted by molar-refractivity contribution is -0.133. The Morgan fingerprint density at radius 1 is 1.23 bits per heavy atom. The Morgan fingerprint density at radius 3 is 2.27 bits per heavy atom. The van der Waals surface area contributed by atoms with Crippen molar-refractivity contribution >= 4 is 33.3 Å². The third kappa shape index (κ3) is 5.65. The van der Waals surface area contributed by atoms with Crippen LogP contribution in [0.3, 0.4) is 0 Å². The quantitative estimate of drug-likeness (QED) is 0.836. The SMILES string of the molecule is CC(C)NC(=O)CN(C)C(=O)CS(=O)(=O)c1ccc(Cl)cc1. The first-order chi connectivity index (χ1) is 10.1. The van der Waals surface area contributed by atoms with E-state index >= 15 is 0 Å². The van der Waals surface area contributed by atoms with Crippen LogP contribution >= 0.6 is 11.6 Å². The molecule has 1 aromatic rings. The Bertz CT molecular complexity index is 641. The van der Waals surface area contributed by atoms with Gasteiger partial charge in [-0.3, -0.25) is 9.59 Å². The molecule has 1 N–H and O–H groups in total.